The zero-order valence-corrected chi connectivity index (χ0v) is 18.6. The number of benzene rings is 3. The van der Waals surface area contributed by atoms with Gasteiger partial charge in [-0.05, 0) is 60.7 Å². The predicted octanol–water partition coefficient (Wildman–Crippen LogP) is 5.24. The molecular weight excluding hydrogens is 428 g/mol. The Labute approximate surface area is 190 Å². The van der Waals surface area contributed by atoms with Gasteiger partial charge >= 0.3 is 0 Å². The van der Waals surface area contributed by atoms with Crippen LogP contribution in [-0.2, 0) is 0 Å². The highest BCUT2D eigenvalue weighted by atomic mass is 35.5. The molecule has 7 heteroatoms. The van der Waals surface area contributed by atoms with Gasteiger partial charge in [0.1, 0.15) is 23.1 Å². The lowest BCUT2D eigenvalue weighted by atomic mass is 10.1. The Morgan fingerprint density at radius 1 is 0.875 bits per heavy atom. The van der Waals surface area contributed by atoms with E-state index in [4.69, 9.17) is 30.8 Å². The summed E-state index contributed by atoms with van der Waals surface area (Å²) in [7, 11) is 4.74. The van der Waals surface area contributed by atoms with Crippen molar-refractivity contribution >= 4 is 34.7 Å². The lowest BCUT2D eigenvalue weighted by Gasteiger charge is -2.13. The highest BCUT2D eigenvalue weighted by Crippen LogP contribution is 2.28. The van der Waals surface area contributed by atoms with Gasteiger partial charge in [0.15, 0.2) is 0 Å². The molecule has 0 aliphatic rings. The van der Waals surface area contributed by atoms with Crippen molar-refractivity contribution in [2.45, 2.75) is 0 Å². The van der Waals surface area contributed by atoms with E-state index in [9.17, 15) is 4.79 Å². The molecule has 4 rings (SSSR count). The molecule has 0 saturated heterocycles. The summed E-state index contributed by atoms with van der Waals surface area (Å²) in [6, 6.07) is 17.9. The third-order valence-electron chi connectivity index (χ3n) is 5.04. The molecule has 0 unspecified atom stereocenters. The molecule has 0 aliphatic heterocycles. The third kappa shape index (κ3) is 4.05. The average molecular weight is 449 g/mol. The Hall–Kier alpha value is -3.77. The maximum Gasteiger partial charge on any atom is 0.266 e. The lowest BCUT2D eigenvalue weighted by Crippen LogP contribution is -2.22. The van der Waals surface area contributed by atoms with Crippen molar-refractivity contribution < 1.29 is 14.2 Å². The molecule has 0 bridgehead atoms. The molecule has 6 nitrogen and oxygen atoms in total. The van der Waals surface area contributed by atoms with Crippen LogP contribution < -0.4 is 19.8 Å². The summed E-state index contributed by atoms with van der Waals surface area (Å²) < 4.78 is 17.5. The molecule has 0 radical (unpaired) electrons. The van der Waals surface area contributed by atoms with Gasteiger partial charge in [0.25, 0.3) is 5.56 Å². The highest BCUT2D eigenvalue weighted by Gasteiger charge is 2.13. The summed E-state index contributed by atoms with van der Waals surface area (Å²) in [5.41, 5.74) is 1.77. The van der Waals surface area contributed by atoms with E-state index >= 15 is 0 Å². The predicted molar refractivity (Wildman–Crippen MR) is 127 cm³/mol. The van der Waals surface area contributed by atoms with E-state index in [0.29, 0.717) is 44.7 Å². The van der Waals surface area contributed by atoms with Crippen LogP contribution in [0.15, 0.2) is 65.5 Å². The number of nitrogens with zero attached hydrogens (tertiary/aromatic N) is 2. The number of hydrogen-bond acceptors (Lipinski definition) is 5. The van der Waals surface area contributed by atoms with Crippen molar-refractivity contribution in [3.05, 3.63) is 87.4 Å². The van der Waals surface area contributed by atoms with Gasteiger partial charge in [0, 0.05) is 5.56 Å². The van der Waals surface area contributed by atoms with Crippen molar-refractivity contribution in [1.82, 2.24) is 9.55 Å². The Bertz CT molecular complexity index is 1380. The van der Waals surface area contributed by atoms with Crippen molar-refractivity contribution in [3.8, 4) is 22.9 Å². The first-order chi connectivity index (χ1) is 15.5. The monoisotopic (exact) mass is 448 g/mol. The minimum atomic E-state index is -0.200. The smallest absolute Gasteiger partial charge is 0.266 e. The average Bonchev–Trinajstić information content (AvgIpc) is 2.82. The van der Waals surface area contributed by atoms with Gasteiger partial charge in [0.05, 0.1) is 42.9 Å². The van der Waals surface area contributed by atoms with Crippen LogP contribution in [0.5, 0.6) is 17.2 Å². The summed E-state index contributed by atoms with van der Waals surface area (Å²) in [5, 5.41) is 0.907. The fourth-order valence-corrected chi connectivity index (χ4v) is 3.69. The zero-order valence-electron chi connectivity index (χ0n) is 17.8. The van der Waals surface area contributed by atoms with Gasteiger partial charge in [-0.1, -0.05) is 23.7 Å². The van der Waals surface area contributed by atoms with E-state index in [-0.39, 0.29) is 5.56 Å². The van der Waals surface area contributed by atoms with E-state index in [1.54, 1.807) is 51.7 Å². The quantitative estimate of drug-likeness (QED) is 0.404. The third-order valence-corrected chi connectivity index (χ3v) is 5.34. The first-order valence-corrected chi connectivity index (χ1v) is 10.2. The van der Waals surface area contributed by atoms with Gasteiger partial charge < -0.3 is 14.2 Å². The van der Waals surface area contributed by atoms with Gasteiger partial charge in [-0.2, -0.15) is 0 Å². The molecule has 1 aromatic heterocycles. The Morgan fingerprint density at radius 2 is 1.62 bits per heavy atom. The second-order valence-corrected chi connectivity index (χ2v) is 7.29. The molecule has 162 valence electrons. The SMILES string of the molecule is COc1ccc(OC)c(/C=C/c2nc3ccccc3c(=O)n2-c2ccc(OC)c(Cl)c2)c1. The molecule has 0 aliphatic carbocycles. The number of para-hydroxylation sites is 1. The second-order valence-electron chi connectivity index (χ2n) is 6.89. The Kier molecular flexibility index (Phi) is 6.14. The summed E-state index contributed by atoms with van der Waals surface area (Å²) in [5.74, 6) is 2.33. The summed E-state index contributed by atoms with van der Waals surface area (Å²) in [6.45, 7) is 0. The Balaban J connectivity index is 1.93. The number of methoxy groups -OCH3 is 3. The van der Waals surface area contributed by atoms with E-state index in [1.807, 2.05) is 42.5 Å². The molecule has 0 fully saturated rings. The van der Waals surface area contributed by atoms with Crippen LogP contribution in [0.25, 0.3) is 28.7 Å². The van der Waals surface area contributed by atoms with Crippen LogP contribution in [0.3, 0.4) is 0 Å². The second kappa shape index (κ2) is 9.16. The molecule has 1 heterocycles. The van der Waals surface area contributed by atoms with Gasteiger partial charge in [0.2, 0.25) is 0 Å². The van der Waals surface area contributed by atoms with E-state index in [0.717, 1.165) is 5.56 Å². The molecule has 4 aromatic rings. The van der Waals surface area contributed by atoms with E-state index in [1.165, 1.54) is 4.57 Å². The van der Waals surface area contributed by atoms with Crippen molar-refractivity contribution in [1.29, 1.82) is 0 Å². The van der Waals surface area contributed by atoms with Crippen molar-refractivity contribution in [3.63, 3.8) is 0 Å². The molecule has 0 saturated carbocycles. The largest absolute Gasteiger partial charge is 0.497 e. The molecule has 0 N–H and O–H groups in total. The fourth-order valence-electron chi connectivity index (χ4n) is 3.44. The number of ether oxygens (including phenoxy) is 3. The van der Waals surface area contributed by atoms with Crippen LogP contribution in [0.4, 0.5) is 0 Å². The number of aromatic nitrogens is 2. The van der Waals surface area contributed by atoms with Gasteiger partial charge in [-0.3, -0.25) is 9.36 Å². The standard InChI is InChI=1S/C25H21ClN2O4/c1-30-18-10-12-22(31-2)16(14-18)8-13-24-27-21-7-5-4-6-19(21)25(29)28(24)17-9-11-23(32-3)20(26)15-17/h4-15H,1-3H3/b13-8+. The van der Waals surface area contributed by atoms with Crippen LogP contribution in [0, 0.1) is 0 Å². The molecular formula is C25H21ClN2O4. The van der Waals surface area contributed by atoms with Crippen LogP contribution in [0.2, 0.25) is 5.02 Å². The molecule has 0 amide bonds. The number of hydrogen-bond donors (Lipinski definition) is 0. The summed E-state index contributed by atoms with van der Waals surface area (Å²) in [6.07, 6.45) is 3.60. The summed E-state index contributed by atoms with van der Waals surface area (Å²) >= 11 is 6.34. The maximum atomic E-state index is 13.4. The Morgan fingerprint density at radius 3 is 2.34 bits per heavy atom. The highest BCUT2D eigenvalue weighted by molar-refractivity contribution is 6.32. The number of fused-ring (bicyclic) bond motifs is 1. The number of halogens is 1. The molecule has 0 atom stereocenters. The number of rotatable bonds is 6. The maximum absolute atomic E-state index is 13.4. The molecule has 0 spiro atoms. The fraction of sp³-hybridized carbons (Fsp3) is 0.120. The zero-order chi connectivity index (χ0) is 22.7. The van der Waals surface area contributed by atoms with Crippen molar-refractivity contribution in [2.24, 2.45) is 0 Å². The van der Waals surface area contributed by atoms with Crippen LogP contribution in [0.1, 0.15) is 11.4 Å². The minimum Gasteiger partial charge on any atom is -0.497 e. The lowest BCUT2D eigenvalue weighted by molar-refractivity contribution is 0.402. The first kappa shape index (κ1) is 21.5. The molecule has 32 heavy (non-hydrogen) atoms. The first-order valence-electron chi connectivity index (χ1n) is 9.81. The topological polar surface area (TPSA) is 62.6 Å². The van der Waals surface area contributed by atoms with Gasteiger partial charge in [-0.25, -0.2) is 4.98 Å². The summed E-state index contributed by atoms with van der Waals surface area (Å²) in [4.78, 5) is 18.1. The van der Waals surface area contributed by atoms with E-state index < -0.39 is 0 Å². The van der Waals surface area contributed by atoms with E-state index in [2.05, 4.69) is 0 Å². The van der Waals surface area contributed by atoms with Crippen LogP contribution in [-0.4, -0.2) is 30.9 Å². The molecule has 3 aromatic carbocycles. The van der Waals surface area contributed by atoms with Gasteiger partial charge in [-0.15, -0.1) is 0 Å². The normalized spacial score (nSPS) is 11.1. The van der Waals surface area contributed by atoms with Crippen LogP contribution >= 0.6 is 11.6 Å². The van der Waals surface area contributed by atoms with Crippen molar-refractivity contribution in [2.75, 3.05) is 21.3 Å². The minimum absolute atomic E-state index is 0.200.